The lowest BCUT2D eigenvalue weighted by atomic mass is 10.2. The molecule has 0 saturated heterocycles. The minimum atomic E-state index is -0.589. The van der Waals surface area contributed by atoms with Gasteiger partial charge in [0.1, 0.15) is 0 Å². The number of fused-ring (bicyclic) bond motifs is 1. The third-order valence-corrected chi connectivity index (χ3v) is 5.98. The molecule has 0 radical (unpaired) electrons. The van der Waals surface area contributed by atoms with E-state index in [1.165, 1.54) is 36.0 Å². The average molecular weight is 462 g/mol. The van der Waals surface area contributed by atoms with Crippen LogP contribution in [0.1, 0.15) is 12.5 Å². The van der Waals surface area contributed by atoms with E-state index in [0.29, 0.717) is 21.7 Å². The van der Waals surface area contributed by atoms with Crippen molar-refractivity contribution in [2.45, 2.75) is 23.9 Å². The molecule has 0 spiro atoms. The van der Waals surface area contributed by atoms with Crippen LogP contribution in [0.2, 0.25) is 0 Å². The number of amides is 1. The van der Waals surface area contributed by atoms with Gasteiger partial charge in [-0.05, 0) is 42.8 Å². The summed E-state index contributed by atoms with van der Waals surface area (Å²) in [6, 6.07) is 16.3. The lowest BCUT2D eigenvalue weighted by Crippen LogP contribution is -2.27. The van der Waals surface area contributed by atoms with Crippen molar-refractivity contribution in [2.75, 3.05) is 5.32 Å². The van der Waals surface area contributed by atoms with E-state index in [0.717, 1.165) is 5.56 Å². The molecular weight excluding hydrogens is 442 g/mol. The molecule has 0 aliphatic carbocycles. The Hall–Kier alpha value is -4.05. The Bertz CT molecular complexity index is 1370. The number of carbonyl (C=O) groups excluding carboxylic acids is 1. The van der Waals surface area contributed by atoms with E-state index in [1.807, 2.05) is 6.07 Å². The van der Waals surface area contributed by atoms with Gasteiger partial charge in [0, 0.05) is 30.2 Å². The molecule has 1 N–H and O–H groups in total. The van der Waals surface area contributed by atoms with Gasteiger partial charge in [0.05, 0.1) is 27.6 Å². The third-order valence-electron chi connectivity index (χ3n) is 4.89. The Morgan fingerprint density at radius 1 is 1.15 bits per heavy atom. The number of nitro groups is 1. The molecule has 33 heavy (non-hydrogen) atoms. The Labute approximate surface area is 192 Å². The number of benzene rings is 2. The van der Waals surface area contributed by atoms with Crippen LogP contribution >= 0.6 is 11.8 Å². The summed E-state index contributed by atoms with van der Waals surface area (Å²) in [4.78, 5) is 45.0. The smallest absolute Gasteiger partial charge is 0.269 e. The van der Waals surface area contributed by atoms with Crippen molar-refractivity contribution < 1.29 is 9.72 Å². The number of nitro benzene ring substituents is 1. The zero-order chi connectivity index (χ0) is 23.4. The second-order valence-electron chi connectivity index (χ2n) is 7.22. The zero-order valence-corrected chi connectivity index (χ0v) is 18.4. The number of para-hydroxylation sites is 1. The number of pyridine rings is 1. The van der Waals surface area contributed by atoms with Gasteiger partial charge in [-0.25, -0.2) is 4.98 Å². The van der Waals surface area contributed by atoms with Crippen LogP contribution in [-0.4, -0.2) is 30.6 Å². The molecule has 0 bridgehead atoms. The monoisotopic (exact) mass is 461 g/mol. The van der Waals surface area contributed by atoms with E-state index in [4.69, 9.17) is 0 Å². The maximum atomic E-state index is 13.2. The number of aromatic nitrogens is 3. The van der Waals surface area contributed by atoms with Gasteiger partial charge in [-0.3, -0.25) is 29.3 Å². The van der Waals surface area contributed by atoms with Crippen molar-refractivity contribution in [3.05, 3.63) is 99.1 Å². The van der Waals surface area contributed by atoms with Crippen LogP contribution in [0.5, 0.6) is 0 Å². The number of thioether (sulfide) groups is 1. The highest BCUT2D eigenvalue weighted by Crippen LogP contribution is 2.25. The van der Waals surface area contributed by atoms with Crippen molar-refractivity contribution in [1.29, 1.82) is 0 Å². The van der Waals surface area contributed by atoms with Crippen LogP contribution in [0.3, 0.4) is 0 Å². The molecule has 0 aliphatic rings. The van der Waals surface area contributed by atoms with Crippen molar-refractivity contribution in [3.8, 4) is 0 Å². The zero-order valence-electron chi connectivity index (χ0n) is 17.5. The minimum absolute atomic E-state index is 0.0600. The predicted octanol–water partition coefficient (Wildman–Crippen LogP) is 3.87. The lowest BCUT2D eigenvalue weighted by molar-refractivity contribution is -0.384. The Morgan fingerprint density at radius 2 is 1.91 bits per heavy atom. The number of nitrogens with zero attached hydrogens (tertiary/aromatic N) is 4. The quantitative estimate of drug-likeness (QED) is 0.192. The molecule has 1 atom stereocenters. The van der Waals surface area contributed by atoms with E-state index < -0.39 is 10.2 Å². The summed E-state index contributed by atoms with van der Waals surface area (Å²) in [6.07, 6.45) is 3.34. The molecular formula is C23H19N5O4S. The third kappa shape index (κ3) is 5.07. The maximum Gasteiger partial charge on any atom is 0.269 e. The number of anilines is 1. The standard InChI is InChI=1S/C23H19N5O4S/c1-15(21(29)25-17-8-10-18(11-9-17)28(31)32)33-23-26-20-7-3-2-6-19(20)22(30)27(23)14-16-5-4-12-24-13-16/h2-13,15H,14H2,1H3,(H,25,29). The second-order valence-corrected chi connectivity index (χ2v) is 8.53. The van der Waals surface area contributed by atoms with E-state index in [9.17, 15) is 19.7 Å². The number of nitrogens with one attached hydrogen (secondary N) is 1. The van der Waals surface area contributed by atoms with Gasteiger partial charge in [0.2, 0.25) is 5.91 Å². The summed E-state index contributed by atoms with van der Waals surface area (Å²) >= 11 is 1.17. The largest absolute Gasteiger partial charge is 0.325 e. The Kier molecular flexibility index (Phi) is 6.45. The maximum absolute atomic E-state index is 13.2. The van der Waals surface area contributed by atoms with Crippen molar-refractivity contribution in [3.63, 3.8) is 0 Å². The highest BCUT2D eigenvalue weighted by Gasteiger charge is 2.20. The summed E-state index contributed by atoms with van der Waals surface area (Å²) < 4.78 is 1.54. The molecule has 9 nitrogen and oxygen atoms in total. The van der Waals surface area contributed by atoms with Gasteiger partial charge in [0.25, 0.3) is 11.2 Å². The first kappa shape index (κ1) is 22.2. The van der Waals surface area contributed by atoms with Gasteiger partial charge in [-0.1, -0.05) is 30.0 Å². The van der Waals surface area contributed by atoms with Crippen LogP contribution in [-0.2, 0) is 11.3 Å². The first-order valence-electron chi connectivity index (χ1n) is 10.0. The summed E-state index contributed by atoms with van der Waals surface area (Å²) in [5.74, 6) is -0.316. The number of hydrogen-bond acceptors (Lipinski definition) is 7. The van der Waals surface area contributed by atoms with Crippen LogP contribution in [0.15, 0.2) is 83.0 Å². The highest BCUT2D eigenvalue weighted by molar-refractivity contribution is 8.00. The summed E-state index contributed by atoms with van der Waals surface area (Å²) in [5, 5.41) is 13.9. The van der Waals surface area contributed by atoms with E-state index in [-0.39, 0.29) is 23.7 Å². The van der Waals surface area contributed by atoms with Gasteiger partial charge in [-0.2, -0.15) is 0 Å². The molecule has 4 rings (SSSR count). The molecule has 2 aromatic carbocycles. The number of rotatable bonds is 7. The van der Waals surface area contributed by atoms with Gasteiger partial charge in [0.15, 0.2) is 5.16 Å². The second kappa shape index (κ2) is 9.61. The summed E-state index contributed by atoms with van der Waals surface area (Å²) in [6.45, 7) is 1.98. The van der Waals surface area contributed by atoms with E-state index >= 15 is 0 Å². The highest BCUT2D eigenvalue weighted by atomic mass is 32.2. The topological polar surface area (TPSA) is 120 Å². The Morgan fingerprint density at radius 3 is 2.61 bits per heavy atom. The predicted molar refractivity (Wildman–Crippen MR) is 126 cm³/mol. The van der Waals surface area contributed by atoms with Crippen LogP contribution < -0.4 is 10.9 Å². The molecule has 0 aliphatic heterocycles. The van der Waals surface area contributed by atoms with Crippen molar-refractivity contribution in [1.82, 2.24) is 14.5 Å². The van der Waals surface area contributed by atoms with Gasteiger partial charge in [-0.15, -0.1) is 0 Å². The molecule has 1 amide bonds. The van der Waals surface area contributed by atoms with Crippen LogP contribution in [0.4, 0.5) is 11.4 Å². The van der Waals surface area contributed by atoms with Crippen LogP contribution in [0.25, 0.3) is 10.9 Å². The molecule has 0 saturated carbocycles. The van der Waals surface area contributed by atoms with Crippen LogP contribution in [0, 0.1) is 10.1 Å². The molecule has 0 fully saturated rings. The molecule has 1 unspecified atom stereocenters. The fourth-order valence-corrected chi connectivity index (χ4v) is 4.08. The minimum Gasteiger partial charge on any atom is -0.325 e. The molecule has 2 heterocycles. The van der Waals surface area contributed by atoms with E-state index in [1.54, 1.807) is 54.2 Å². The lowest BCUT2D eigenvalue weighted by Gasteiger charge is -2.16. The average Bonchev–Trinajstić information content (AvgIpc) is 2.82. The molecule has 4 aromatic rings. The Balaban J connectivity index is 1.61. The van der Waals surface area contributed by atoms with Crippen molar-refractivity contribution in [2.24, 2.45) is 0 Å². The van der Waals surface area contributed by atoms with E-state index in [2.05, 4.69) is 15.3 Å². The number of carbonyl (C=O) groups is 1. The number of non-ortho nitro benzene ring substituents is 1. The molecule has 2 aromatic heterocycles. The molecule has 166 valence electrons. The SMILES string of the molecule is CC(Sc1nc2ccccc2c(=O)n1Cc1cccnc1)C(=O)Nc1ccc([N+](=O)[O-])cc1. The fourth-order valence-electron chi connectivity index (χ4n) is 3.17. The van der Waals surface area contributed by atoms with Gasteiger partial charge < -0.3 is 5.32 Å². The summed E-state index contributed by atoms with van der Waals surface area (Å²) in [5.41, 5.74) is 1.57. The fraction of sp³-hybridized carbons (Fsp3) is 0.130. The number of hydrogen-bond donors (Lipinski definition) is 1. The van der Waals surface area contributed by atoms with Crippen molar-refractivity contribution >= 4 is 39.9 Å². The first-order valence-corrected chi connectivity index (χ1v) is 10.9. The molecule has 10 heteroatoms. The first-order chi connectivity index (χ1) is 15.9. The van der Waals surface area contributed by atoms with Gasteiger partial charge >= 0.3 is 0 Å². The normalized spacial score (nSPS) is 11.8. The summed E-state index contributed by atoms with van der Waals surface area (Å²) in [7, 11) is 0.